The number of piperazine rings is 2. The number of carbonyl (C=O) groups is 1. The predicted molar refractivity (Wildman–Crippen MR) is 550 cm³/mol. The molecule has 15 heterocycles. The van der Waals surface area contributed by atoms with Gasteiger partial charge in [-0.25, -0.2) is 28.4 Å². The molecule has 6 aliphatic heterocycles. The summed E-state index contributed by atoms with van der Waals surface area (Å²) >= 11 is 3.13. The Kier molecular flexibility index (Phi) is 33.4. The minimum absolute atomic E-state index is 0.0322. The SMILES string of the molecule is CCCS(=O)(=O)N1CCN([C@@H](C)Cn2c(C#N)cc3c(C)c(CN4CCC(Nc5nc(N)nc6sc(CC(F)(F)F)cc56)CC4)ccc32)CC1.CCc1nc(NC2CCN(Cc3ccc4c(cc(C)n4C[C@H](C)N4CCN(CC(=O)NC)CC4)c3C)CC2)c2cc(CC(F)(F)F)sc2n1.Cc1c(CN2CCC(Nc3nc(N)nc4sc(CC(F)(F)F)cc34)CC2)ccc2c1cc(C)n2C[C@H](C)N1CCOCC1. The number of rotatable bonds is 30. The van der Waals surface area contributed by atoms with Gasteiger partial charge >= 0.3 is 18.5 Å². The number of alkyl halides is 9. The van der Waals surface area contributed by atoms with Crippen LogP contribution in [0.1, 0.15) is 150 Å². The smallest absolute Gasteiger partial charge is 0.379 e. The zero-order valence-electron chi connectivity index (χ0n) is 82.9. The highest BCUT2D eigenvalue weighted by Crippen LogP contribution is 2.41. The molecule has 0 bridgehead atoms. The molecule has 1 amide bonds. The number of benzene rings is 3. The number of aryl methyl sites for hydroxylation is 6. The number of anilines is 5. The van der Waals surface area contributed by atoms with Gasteiger partial charge in [0.15, 0.2) is 0 Å². The molecule has 6 aliphatic rings. The van der Waals surface area contributed by atoms with Crippen LogP contribution in [0.4, 0.5) is 68.9 Å². The minimum Gasteiger partial charge on any atom is -0.379 e. The van der Waals surface area contributed by atoms with Crippen molar-refractivity contribution in [3.8, 4) is 6.07 Å². The lowest BCUT2D eigenvalue weighted by atomic mass is 10.0. The first kappa shape index (κ1) is 105. The molecule has 12 aromatic rings. The third kappa shape index (κ3) is 25.9. The average Bonchev–Trinajstić information content (AvgIpc) is 1.63. The highest BCUT2D eigenvalue weighted by molar-refractivity contribution is 7.89. The second-order valence-corrected chi connectivity index (χ2v) is 44.7. The summed E-state index contributed by atoms with van der Waals surface area (Å²) in [5.41, 5.74) is 26.3. The first-order valence-corrected chi connectivity index (χ1v) is 53.7. The van der Waals surface area contributed by atoms with Crippen LogP contribution in [0.3, 0.4) is 0 Å². The molecule has 0 radical (unpaired) electrons. The molecule has 9 aromatic heterocycles. The number of carbonyl (C=O) groups excluding carboxylic acids is 1. The molecule has 18 rings (SSSR count). The van der Waals surface area contributed by atoms with Crippen molar-refractivity contribution in [3.05, 3.63) is 144 Å². The number of nitrogens with zero attached hydrogens (tertiary/aromatic N) is 18. The van der Waals surface area contributed by atoms with E-state index in [1.54, 1.807) is 23.5 Å². The van der Waals surface area contributed by atoms with Gasteiger partial charge < -0.3 is 51.2 Å². The summed E-state index contributed by atoms with van der Waals surface area (Å²) in [6.07, 6.45) is -9.18. The van der Waals surface area contributed by atoms with Crippen LogP contribution < -0.4 is 32.7 Å². The molecule has 0 saturated carbocycles. The molecule has 3 aromatic carbocycles. The van der Waals surface area contributed by atoms with Crippen LogP contribution in [0, 0.1) is 45.9 Å². The summed E-state index contributed by atoms with van der Waals surface area (Å²) in [4.78, 5) is 57.2. The maximum Gasteiger partial charge on any atom is 0.393 e. The van der Waals surface area contributed by atoms with Crippen LogP contribution in [0.2, 0.25) is 0 Å². The minimum atomic E-state index is -4.30. The van der Waals surface area contributed by atoms with Crippen LogP contribution in [-0.2, 0) is 84.5 Å². The lowest BCUT2D eigenvalue weighted by Crippen LogP contribution is -2.52. The summed E-state index contributed by atoms with van der Waals surface area (Å²) in [5, 5.41) is 28.8. The van der Waals surface area contributed by atoms with Crippen LogP contribution in [-0.4, -0.2) is 289 Å². The molecular weight excluding hydrogens is 1910 g/mol. The van der Waals surface area contributed by atoms with Crippen molar-refractivity contribution in [2.24, 2.45) is 0 Å². The summed E-state index contributed by atoms with van der Waals surface area (Å²) in [6.45, 7) is 42.1. The molecule has 8 N–H and O–H groups in total. The third-order valence-corrected chi connectivity index (χ3v) is 34.3. The van der Waals surface area contributed by atoms with Gasteiger partial charge in [-0.3, -0.25) is 39.1 Å². The number of likely N-dealkylation sites (N-methyl/N-ethyl adjacent to an activating group) is 1. The number of ether oxygens (including phenoxy) is 1. The Bertz CT molecular complexity index is 6580. The Morgan fingerprint density at radius 3 is 1.20 bits per heavy atom. The predicted octanol–water partition coefficient (Wildman–Crippen LogP) is 16.8. The topological polar surface area (TPSA) is 302 Å². The second-order valence-electron chi connectivity index (χ2n) is 39.3. The summed E-state index contributed by atoms with van der Waals surface area (Å²) in [5.74, 6) is 2.66. The number of nitrogen functional groups attached to an aromatic ring is 2. The Labute approximate surface area is 836 Å². The molecule has 41 heteroatoms. The molecule has 28 nitrogen and oxygen atoms in total. The van der Waals surface area contributed by atoms with E-state index in [9.17, 15) is 58.0 Å². The Morgan fingerprint density at radius 2 is 0.831 bits per heavy atom. The number of amides is 1. The first-order valence-electron chi connectivity index (χ1n) is 49.7. The van der Waals surface area contributed by atoms with Crippen molar-refractivity contribution in [2.45, 2.75) is 234 Å². The van der Waals surface area contributed by atoms with Crippen LogP contribution in [0.25, 0.3) is 63.4 Å². The molecule has 3 atom stereocenters. The van der Waals surface area contributed by atoms with E-state index in [1.165, 1.54) is 67.1 Å². The van der Waals surface area contributed by atoms with Gasteiger partial charge in [0.05, 0.1) is 60.9 Å². The number of hydrogen-bond donors (Lipinski definition) is 6. The number of sulfonamides is 1. The van der Waals surface area contributed by atoms with Gasteiger partial charge in [0.2, 0.25) is 27.8 Å². The van der Waals surface area contributed by atoms with Gasteiger partial charge in [-0.1, -0.05) is 32.0 Å². The highest BCUT2D eigenvalue weighted by Gasteiger charge is 2.37. The number of aromatic nitrogens is 9. The van der Waals surface area contributed by atoms with E-state index in [1.807, 2.05) is 19.9 Å². The fraction of sp³-hybridized carbons (Fsp3) is 0.564. The van der Waals surface area contributed by atoms with Gasteiger partial charge in [0, 0.05) is 252 Å². The molecule has 6 fully saturated rings. The van der Waals surface area contributed by atoms with Crippen LogP contribution >= 0.6 is 34.0 Å². The number of piperidine rings is 3. The average molecular weight is 2050 g/mol. The Hall–Kier alpha value is -9.68. The number of nitrogens with one attached hydrogen (secondary N) is 4. The summed E-state index contributed by atoms with van der Waals surface area (Å²) in [7, 11) is -1.52. The summed E-state index contributed by atoms with van der Waals surface area (Å²) in [6, 6.07) is 28.5. The van der Waals surface area contributed by atoms with Crippen molar-refractivity contribution >= 4 is 143 Å². The monoisotopic (exact) mass is 2040 g/mol. The van der Waals surface area contributed by atoms with E-state index < -0.39 is 47.8 Å². The quantitative estimate of drug-likeness (QED) is 0.0228. The van der Waals surface area contributed by atoms with Crippen molar-refractivity contribution in [3.63, 3.8) is 0 Å². The van der Waals surface area contributed by atoms with Gasteiger partial charge in [0.1, 0.15) is 49.5 Å². The van der Waals surface area contributed by atoms with Gasteiger partial charge in [-0.2, -0.15) is 59.0 Å². The standard InChI is InChI=1S/C36H49F3N8OS.C34H44F3N9O2S2.C31H40F3N7OS/c1-6-32-42-34(30-18-28(19-36(37,38)39)49-35(30)43-32)41-27-9-11-44(12-10-27)21-26-7-8-31-29(25(26)4)17-23(2)47(31)20-24(3)46-15-13-45(14-16-46)22-33(48)40-5;1-4-15-50(47,48)45-13-11-44(12-14-45)22(2)20-46-26(19-38)16-28-23(3)24(5-6-30(28)46)21-43-9-7-25(8-10-43)40-31-29-17-27(18-34(35,36)37)49-32(29)42-33(39)41-31;1-19-14-25-21(3)22(4-5-27(25)41(19)17-20(2)40-10-12-42-13-11-40)18-39-8-6-23(7-9-39)36-28-26-15-24(16-31(32,33)34)43-29(26)38-30(35)37-28/h7-8,17-18,24,27H,6,9-16,19-22H2,1-5H3,(H,40,48)(H,41,42,43);5-6,16-17,22,25H,4,7-15,18,20-21H2,1-3H3,(H3,39,40,41,42);4-5,14-15,20,23H,6-13,16-18H2,1-3H3,(H3,35,36,37,38)/t24-;22-;20-/m000/s1. The lowest BCUT2D eigenvalue weighted by molar-refractivity contribution is -0.127. The maximum atomic E-state index is 13.1. The molecule has 142 heavy (non-hydrogen) atoms. The van der Waals surface area contributed by atoms with E-state index in [0.717, 1.165) is 213 Å². The molecule has 768 valence electrons. The van der Waals surface area contributed by atoms with Crippen LogP contribution in [0.5, 0.6) is 0 Å². The molecule has 6 saturated heterocycles. The van der Waals surface area contributed by atoms with Gasteiger partial charge in [0.25, 0.3) is 0 Å². The number of fused-ring (bicyclic) bond motifs is 6. The molecular formula is C101H133F9N24O4S4. The normalized spacial score (nSPS) is 18.2. The number of halogens is 9. The van der Waals surface area contributed by atoms with E-state index >= 15 is 0 Å². The highest BCUT2D eigenvalue weighted by atomic mass is 32.2. The number of hydrogen-bond acceptors (Lipinski definition) is 26. The second kappa shape index (κ2) is 45.1. The van der Waals surface area contributed by atoms with Gasteiger partial charge in [-0.05, 0) is 188 Å². The van der Waals surface area contributed by atoms with Crippen molar-refractivity contribution in [1.82, 2.24) is 87.5 Å². The zero-order chi connectivity index (χ0) is 101. The van der Waals surface area contributed by atoms with E-state index in [-0.39, 0.29) is 62.4 Å². The number of thiophene rings is 3. The fourth-order valence-corrected chi connectivity index (χ4v) is 25.8. The number of likely N-dealkylation sites (tertiary alicyclic amines) is 3. The Balaban J connectivity index is 0.000000154. The number of nitrogens with two attached hydrogens (primary N) is 2. The number of morpholine rings is 1. The van der Waals surface area contributed by atoms with Gasteiger partial charge in [-0.15, -0.1) is 34.0 Å². The Morgan fingerprint density at radius 1 is 0.472 bits per heavy atom. The molecule has 0 unspecified atom stereocenters. The van der Waals surface area contributed by atoms with E-state index in [0.29, 0.717) is 124 Å². The number of nitriles is 1. The van der Waals surface area contributed by atoms with E-state index in [2.05, 4.69) is 209 Å². The lowest BCUT2D eigenvalue weighted by Gasteiger charge is -2.38. The zero-order valence-corrected chi connectivity index (χ0v) is 86.2. The molecule has 0 aliphatic carbocycles. The first-order chi connectivity index (χ1) is 67.7. The van der Waals surface area contributed by atoms with Crippen LogP contribution in [0.15, 0.2) is 72.8 Å². The largest absolute Gasteiger partial charge is 0.393 e. The van der Waals surface area contributed by atoms with Crippen molar-refractivity contribution in [1.29, 1.82) is 5.26 Å². The van der Waals surface area contributed by atoms with Crippen molar-refractivity contribution < 1.29 is 57.5 Å². The maximum absolute atomic E-state index is 13.1. The summed E-state index contributed by atoms with van der Waals surface area (Å²) < 4.78 is 156. The van der Waals surface area contributed by atoms with E-state index in [4.69, 9.17) is 16.2 Å². The molecule has 0 spiro atoms. The third-order valence-electron chi connectivity index (χ3n) is 29.2. The van der Waals surface area contributed by atoms with Crippen molar-refractivity contribution in [2.75, 3.05) is 165 Å². The fourth-order valence-electron chi connectivity index (χ4n) is 21.1.